The van der Waals surface area contributed by atoms with Gasteiger partial charge in [0.05, 0.1) is 5.69 Å². The third-order valence-electron chi connectivity index (χ3n) is 1.81. The molecule has 1 aromatic heterocycles. The summed E-state index contributed by atoms with van der Waals surface area (Å²) < 4.78 is 0. The van der Waals surface area contributed by atoms with Crippen LogP contribution in [0.25, 0.3) is 0 Å². The summed E-state index contributed by atoms with van der Waals surface area (Å²) in [5.74, 6) is 0. The third-order valence-corrected chi connectivity index (χ3v) is 1.81. The second-order valence-electron chi connectivity index (χ2n) is 2.89. The zero-order valence-electron chi connectivity index (χ0n) is 8.21. The van der Waals surface area contributed by atoms with Crippen molar-refractivity contribution >= 4 is 11.4 Å². The van der Waals surface area contributed by atoms with E-state index in [9.17, 15) is 4.79 Å². The number of nitrogens with one attached hydrogen (secondary N) is 2. The van der Waals surface area contributed by atoms with Crippen LogP contribution in [0.4, 0.5) is 11.4 Å². The molecule has 0 unspecified atom stereocenters. The lowest BCUT2D eigenvalue weighted by atomic mass is 10.3. The van der Waals surface area contributed by atoms with Gasteiger partial charge in [-0.3, -0.25) is 4.79 Å². The number of hydrogen-bond acceptors (Lipinski definition) is 3. The summed E-state index contributed by atoms with van der Waals surface area (Å²) in [5, 5.41) is 3.06. The lowest BCUT2D eigenvalue weighted by molar-refractivity contribution is 1.19. The van der Waals surface area contributed by atoms with Crippen LogP contribution in [0, 0.1) is 0 Å². The van der Waals surface area contributed by atoms with Gasteiger partial charge in [0, 0.05) is 12.7 Å². The van der Waals surface area contributed by atoms with E-state index in [0.717, 1.165) is 6.42 Å². The van der Waals surface area contributed by atoms with Gasteiger partial charge in [-0.05, 0) is 12.5 Å². The third kappa shape index (κ3) is 2.65. The van der Waals surface area contributed by atoms with Crippen molar-refractivity contribution in [2.45, 2.75) is 13.3 Å². The van der Waals surface area contributed by atoms with Gasteiger partial charge in [-0.1, -0.05) is 19.1 Å². The molecule has 0 saturated carbocycles. The highest BCUT2D eigenvalue weighted by Gasteiger charge is 1.99. The maximum Gasteiger partial charge on any atom is 0.273 e. The van der Waals surface area contributed by atoms with Crippen molar-refractivity contribution in [3.63, 3.8) is 0 Å². The molecule has 0 aliphatic rings. The number of allylic oxidation sites excluding steroid dienone is 1. The molecular weight excluding hydrogens is 178 g/mol. The average Bonchev–Trinajstić information content (AvgIpc) is 2.19. The molecule has 14 heavy (non-hydrogen) atoms. The standard InChI is InChI=1S/C10H15N3O/c1-2-3-4-6-12-8-5-7-13-10(14)9(8)11/h3-5,7H,2,6,11H2,1H3,(H2,12,13,14)/b4-3+. The summed E-state index contributed by atoms with van der Waals surface area (Å²) in [4.78, 5) is 13.6. The molecule has 0 aromatic carbocycles. The molecule has 0 radical (unpaired) electrons. The maximum atomic E-state index is 11.1. The second kappa shape index (κ2) is 5.11. The number of pyridine rings is 1. The molecule has 0 fully saturated rings. The topological polar surface area (TPSA) is 70.9 Å². The van der Waals surface area contributed by atoms with E-state index in [2.05, 4.69) is 23.3 Å². The Morgan fingerprint density at radius 1 is 1.57 bits per heavy atom. The molecule has 4 N–H and O–H groups in total. The quantitative estimate of drug-likeness (QED) is 0.632. The first kappa shape index (κ1) is 10.4. The van der Waals surface area contributed by atoms with Gasteiger partial charge in [-0.15, -0.1) is 0 Å². The number of nitrogens with two attached hydrogens (primary N) is 1. The SMILES string of the molecule is CC/C=C/CNc1cc[nH]c(=O)c1N. The van der Waals surface area contributed by atoms with Crippen molar-refractivity contribution in [2.24, 2.45) is 0 Å². The summed E-state index contributed by atoms with van der Waals surface area (Å²) in [5.41, 5.74) is 6.22. The Balaban J connectivity index is 2.63. The van der Waals surface area contributed by atoms with E-state index in [1.807, 2.05) is 6.08 Å². The Morgan fingerprint density at radius 3 is 3.07 bits per heavy atom. The fourth-order valence-corrected chi connectivity index (χ4v) is 1.06. The minimum absolute atomic E-state index is 0.234. The van der Waals surface area contributed by atoms with Gasteiger partial charge in [-0.2, -0.15) is 0 Å². The molecule has 0 aliphatic carbocycles. The van der Waals surface area contributed by atoms with Crippen LogP contribution in [0.1, 0.15) is 13.3 Å². The van der Waals surface area contributed by atoms with Gasteiger partial charge in [0.2, 0.25) is 0 Å². The number of H-pyrrole nitrogens is 1. The van der Waals surface area contributed by atoms with E-state index in [-0.39, 0.29) is 11.2 Å². The highest BCUT2D eigenvalue weighted by atomic mass is 16.1. The number of rotatable bonds is 4. The molecule has 0 spiro atoms. The van der Waals surface area contributed by atoms with E-state index < -0.39 is 0 Å². The first-order valence-electron chi connectivity index (χ1n) is 4.61. The minimum Gasteiger partial charge on any atom is -0.393 e. The Hall–Kier alpha value is -1.71. The van der Waals surface area contributed by atoms with Gasteiger partial charge in [0.25, 0.3) is 5.56 Å². The largest absolute Gasteiger partial charge is 0.393 e. The van der Waals surface area contributed by atoms with Crippen LogP contribution in [0.2, 0.25) is 0 Å². The Kier molecular flexibility index (Phi) is 3.79. The van der Waals surface area contributed by atoms with Gasteiger partial charge in [0.15, 0.2) is 0 Å². The Morgan fingerprint density at radius 2 is 2.36 bits per heavy atom. The van der Waals surface area contributed by atoms with Gasteiger partial charge in [0.1, 0.15) is 5.69 Å². The lowest BCUT2D eigenvalue weighted by Crippen LogP contribution is -2.14. The van der Waals surface area contributed by atoms with Crippen LogP contribution in [0.15, 0.2) is 29.2 Å². The zero-order valence-corrected chi connectivity index (χ0v) is 8.21. The first-order valence-corrected chi connectivity index (χ1v) is 4.61. The highest BCUT2D eigenvalue weighted by Crippen LogP contribution is 2.10. The van der Waals surface area contributed by atoms with Crippen molar-refractivity contribution in [1.82, 2.24) is 4.98 Å². The van der Waals surface area contributed by atoms with Gasteiger partial charge < -0.3 is 16.0 Å². The molecule has 0 aliphatic heterocycles. The zero-order chi connectivity index (χ0) is 10.4. The van der Waals surface area contributed by atoms with E-state index in [1.54, 1.807) is 12.3 Å². The summed E-state index contributed by atoms with van der Waals surface area (Å²) in [6.45, 7) is 2.75. The molecule has 0 saturated heterocycles. The van der Waals surface area contributed by atoms with Gasteiger partial charge in [-0.25, -0.2) is 0 Å². The lowest BCUT2D eigenvalue weighted by Gasteiger charge is -2.04. The predicted octanol–water partition coefficient (Wildman–Crippen LogP) is 1.34. The van der Waals surface area contributed by atoms with Gasteiger partial charge >= 0.3 is 0 Å². The number of anilines is 2. The van der Waals surface area contributed by atoms with Crippen LogP contribution >= 0.6 is 0 Å². The van der Waals surface area contributed by atoms with Crippen LogP contribution in [-0.2, 0) is 0 Å². The van der Waals surface area contributed by atoms with Crippen molar-refractivity contribution in [3.8, 4) is 0 Å². The van der Waals surface area contributed by atoms with E-state index in [1.165, 1.54) is 0 Å². The van der Waals surface area contributed by atoms with Crippen molar-refractivity contribution in [1.29, 1.82) is 0 Å². The normalized spacial score (nSPS) is 10.6. The van der Waals surface area contributed by atoms with Crippen molar-refractivity contribution < 1.29 is 0 Å². The Bertz CT molecular complexity index is 368. The number of aromatic amines is 1. The minimum atomic E-state index is -0.255. The summed E-state index contributed by atoms with van der Waals surface area (Å²) in [6, 6.07) is 1.75. The molecular formula is C10H15N3O. The van der Waals surface area contributed by atoms with E-state index in [4.69, 9.17) is 5.73 Å². The molecule has 4 nitrogen and oxygen atoms in total. The Labute approximate surface area is 82.8 Å². The highest BCUT2D eigenvalue weighted by molar-refractivity contribution is 5.64. The number of hydrogen-bond donors (Lipinski definition) is 3. The number of nitrogen functional groups attached to an aromatic ring is 1. The predicted molar refractivity (Wildman–Crippen MR) is 59.4 cm³/mol. The van der Waals surface area contributed by atoms with Crippen LogP contribution in [0.5, 0.6) is 0 Å². The summed E-state index contributed by atoms with van der Waals surface area (Å²) in [7, 11) is 0. The molecule has 0 atom stereocenters. The molecule has 76 valence electrons. The molecule has 0 bridgehead atoms. The van der Waals surface area contributed by atoms with E-state index in [0.29, 0.717) is 12.2 Å². The summed E-state index contributed by atoms with van der Waals surface area (Å²) in [6.07, 6.45) is 6.63. The van der Waals surface area contributed by atoms with Crippen molar-refractivity contribution in [2.75, 3.05) is 17.6 Å². The molecule has 1 aromatic rings. The van der Waals surface area contributed by atoms with Crippen LogP contribution in [-0.4, -0.2) is 11.5 Å². The fraction of sp³-hybridized carbons (Fsp3) is 0.300. The average molecular weight is 193 g/mol. The molecule has 1 rings (SSSR count). The maximum absolute atomic E-state index is 11.1. The first-order chi connectivity index (χ1) is 6.75. The molecule has 0 amide bonds. The van der Waals surface area contributed by atoms with Crippen LogP contribution in [0.3, 0.4) is 0 Å². The number of aromatic nitrogens is 1. The molecule has 1 heterocycles. The van der Waals surface area contributed by atoms with E-state index >= 15 is 0 Å². The smallest absolute Gasteiger partial charge is 0.273 e. The summed E-state index contributed by atoms with van der Waals surface area (Å²) >= 11 is 0. The van der Waals surface area contributed by atoms with Crippen molar-refractivity contribution in [3.05, 3.63) is 34.8 Å². The molecule has 4 heteroatoms. The fourth-order valence-electron chi connectivity index (χ4n) is 1.06. The monoisotopic (exact) mass is 193 g/mol. The van der Waals surface area contributed by atoms with Crippen LogP contribution < -0.4 is 16.6 Å². The second-order valence-corrected chi connectivity index (χ2v) is 2.89.